The molecule has 1 aliphatic rings. The van der Waals surface area contributed by atoms with Crippen molar-refractivity contribution in [3.05, 3.63) is 0 Å². The fourth-order valence-electron chi connectivity index (χ4n) is 1.18. The second kappa shape index (κ2) is 3.12. The zero-order chi connectivity index (χ0) is 7.56. The number of carbonyl (C=O) groups is 1. The van der Waals surface area contributed by atoms with Crippen molar-refractivity contribution >= 4 is 5.78 Å². The summed E-state index contributed by atoms with van der Waals surface area (Å²) in [5.74, 6) is -0.405. The highest BCUT2D eigenvalue weighted by Gasteiger charge is 2.25. The van der Waals surface area contributed by atoms with Crippen molar-refractivity contribution in [2.45, 2.75) is 37.9 Å². The summed E-state index contributed by atoms with van der Waals surface area (Å²) in [7, 11) is 0. The highest BCUT2D eigenvalue weighted by Crippen LogP contribution is 2.14. The standard InChI is InChI=1S/C7H12O3/c8-5-3-1-2-4-6(9)7(5)10/h5-6,8-9H,1-4H2/t5-,6-/m0/s1. The number of aliphatic hydroxyl groups is 2. The molecule has 0 unspecified atom stereocenters. The lowest BCUT2D eigenvalue weighted by molar-refractivity contribution is -0.135. The van der Waals surface area contributed by atoms with Gasteiger partial charge in [0.05, 0.1) is 0 Å². The first kappa shape index (κ1) is 7.69. The summed E-state index contributed by atoms with van der Waals surface area (Å²) in [5.41, 5.74) is 0. The average Bonchev–Trinajstić information content (AvgIpc) is 2.04. The Labute approximate surface area is 59.7 Å². The minimum Gasteiger partial charge on any atom is -0.385 e. The Bertz CT molecular complexity index is 119. The molecule has 0 spiro atoms. The van der Waals surface area contributed by atoms with E-state index in [1.807, 2.05) is 0 Å². The van der Waals surface area contributed by atoms with Gasteiger partial charge in [-0.2, -0.15) is 0 Å². The van der Waals surface area contributed by atoms with Crippen LogP contribution in [0.25, 0.3) is 0 Å². The second-order valence-electron chi connectivity index (χ2n) is 2.72. The van der Waals surface area contributed by atoms with Crippen LogP contribution in [0.5, 0.6) is 0 Å². The van der Waals surface area contributed by atoms with E-state index in [0.29, 0.717) is 12.8 Å². The van der Waals surface area contributed by atoms with Crippen LogP contribution < -0.4 is 0 Å². The van der Waals surface area contributed by atoms with Gasteiger partial charge in [-0.1, -0.05) is 12.8 Å². The summed E-state index contributed by atoms with van der Waals surface area (Å²) in [5, 5.41) is 18.0. The third-order valence-corrected chi connectivity index (χ3v) is 1.86. The van der Waals surface area contributed by atoms with E-state index in [1.165, 1.54) is 0 Å². The van der Waals surface area contributed by atoms with E-state index in [9.17, 15) is 4.79 Å². The van der Waals surface area contributed by atoms with E-state index >= 15 is 0 Å². The first-order chi connectivity index (χ1) is 4.72. The molecule has 3 nitrogen and oxygen atoms in total. The van der Waals surface area contributed by atoms with Crippen molar-refractivity contribution in [1.82, 2.24) is 0 Å². The van der Waals surface area contributed by atoms with Gasteiger partial charge in [-0.3, -0.25) is 4.79 Å². The third kappa shape index (κ3) is 1.55. The van der Waals surface area contributed by atoms with Crippen LogP contribution in [0.4, 0.5) is 0 Å². The molecule has 1 fully saturated rings. The van der Waals surface area contributed by atoms with Crippen molar-refractivity contribution in [2.75, 3.05) is 0 Å². The van der Waals surface area contributed by atoms with Crippen LogP contribution in [0, 0.1) is 0 Å². The molecule has 0 radical (unpaired) electrons. The maximum atomic E-state index is 10.8. The van der Waals surface area contributed by atoms with E-state index in [1.54, 1.807) is 0 Å². The summed E-state index contributed by atoms with van der Waals surface area (Å²) in [6, 6.07) is 0. The Balaban J connectivity index is 2.55. The Morgan fingerprint density at radius 3 is 1.90 bits per heavy atom. The van der Waals surface area contributed by atoms with Gasteiger partial charge in [0.25, 0.3) is 0 Å². The molecule has 2 atom stereocenters. The van der Waals surface area contributed by atoms with Crippen LogP contribution in [0.15, 0.2) is 0 Å². The molecule has 0 saturated heterocycles. The minimum absolute atomic E-state index is 0.405. The van der Waals surface area contributed by atoms with Gasteiger partial charge < -0.3 is 10.2 Å². The number of rotatable bonds is 0. The molecule has 0 aromatic rings. The van der Waals surface area contributed by atoms with E-state index in [2.05, 4.69) is 0 Å². The lowest BCUT2D eigenvalue weighted by Gasteiger charge is -2.07. The summed E-state index contributed by atoms with van der Waals surface area (Å²) in [6.45, 7) is 0. The fourth-order valence-corrected chi connectivity index (χ4v) is 1.18. The van der Waals surface area contributed by atoms with E-state index in [4.69, 9.17) is 10.2 Å². The van der Waals surface area contributed by atoms with Crippen LogP contribution in [0.3, 0.4) is 0 Å². The number of hydrogen-bond donors (Lipinski definition) is 2. The van der Waals surface area contributed by atoms with Crippen molar-refractivity contribution in [3.8, 4) is 0 Å². The van der Waals surface area contributed by atoms with E-state index in [-0.39, 0.29) is 0 Å². The van der Waals surface area contributed by atoms with Crippen LogP contribution in [0.1, 0.15) is 25.7 Å². The summed E-state index contributed by atoms with van der Waals surface area (Å²) in [6.07, 6.45) is 0.856. The molecule has 0 heterocycles. The number of Topliss-reactive ketones (excluding diaryl/α,β-unsaturated/α-hetero) is 1. The molecule has 0 aliphatic heterocycles. The summed E-state index contributed by atoms with van der Waals surface area (Å²) in [4.78, 5) is 10.8. The largest absolute Gasteiger partial charge is 0.385 e. The molecule has 1 rings (SSSR count). The van der Waals surface area contributed by atoms with Gasteiger partial charge in [0, 0.05) is 0 Å². The molecule has 0 aromatic carbocycles. The van der Waals surface area contributed by atoms with E-state index < -0.39 is 18.0 Å². The Morgan fingerprint density at radius 2 is 1.50 bits per heavy atom. The Morgan fingerprint density at radius 1 is 1.10 bits per heavy atom. The van der Waals surface area contributed by atoms with Gasteiger partial charge >= 0.3 is 0 Å². The summed E-state index contributed by atoms with van der Waals surface area (Å²) >= 11 is 0. The van der Waals surface area contributed by atoms with Crippen LogP contribution in [0.2, 0.25) is 0 Å². The van der Waals surface area contributed by atoms with Crippen LogP contribution in [-0.4, -0.2) is 28.2 Å². The van der Waals surface area contributed by atoms with Crippen LogP contribution >= 0.6 is 0 Å². The quantitative estimate of drug-likeness (QED) is 0.465. The number of aliphatic hydroxyl groups excluding tert-OH is 2. The van der Waals surface area contributed by atoms with Gasteiger partial charge in [0.2, 0.25) is 0 Å². The normalized spacial score (nSPS) is 35.6. The van der Waals surface area contributed by atoms with Gasteiger partial charge in [-0.25, -0.2) is 0 Å². The second-order valence-corrected chi connectivity index (χ2v) is 2.72. The molecule has 58 valence electrons. The van der Waals surface area contributed by atoms with Crippen molar-refractivity contribution < 1.29 is 15.0 Å². The molecule has 3 heteroatoms. The molecular formula is C7H12O3. The molecule has 0 aromatic heterocycles. The van der Waals surface area contributed by atoms with Crippen LogP contribution in [-0.2, 0) is 4.79 Å². The lowest BCUT2D eigenvalue weighted by Crippen LogP contribution is -2.29. The van der Waals surface area contributed by atoms with Gasteiger partial charge in [0.1, 0.15) is 12.2 Å². The first-order valence-electron chi connectivity index (χ1n) is 3.61. The molecule has 0 bridgehead atoms. The SMILES string of the molecule is O=C1[C@@H](O)CCCC[C@@H]1O. The zero-order valence-electron chi connectivity index (χ0n) is 5.79. The van der Waals surface area contributed by atoms with E-state index in [0.717, 1.165) is 12.8 Å². The smallest absolute Gasteiger partial charge is 0.189 e. The fraction of sp³-hybridized carbons (Fsp3) is 0.857. The molecule has 10 heavy (non-hydrogen) atoms. The topological polar surface area (TPSA) is 57.5 Å². The maximum Gasteiger partial charge on any atom is 0.189 e. The molecular weight excluding hydrogens is 132 g/mol. The monoisotopic (exact) mass is 144 g/mol. The predicted octanol–water partition coefficient (Wildman–Crippen LogP) is -0.149. The molecule has 2 N–H and O–H groups in total. The predicted molar refractivity (Wildman–Crippen MR) is 35.5 cm³/mol. The Hall–Kier alpha value is -0.410. The molecule has 1 aliphatic carbocycles. The number of carbonyl (C=O) groups excluding carboxylic acids is 1. The van der Waals surface area contributed by atoms with Crippen molar-refractivity contribution in [3.63, 3.8) is 0 Å². The van der Waals surface area contributed by atoms with Gasteiger partial charge in [-0.15, -0.1) is 0 Å². The van der Waals surface area contributed by atoms with Gasteiger partial charge in [0.15, 0.2) is 5.78 Å². The first-order valence-corrected chi connectivity index (χ1v) is 3.61. The van der Waals surface area contributed by atoms with Gasteiger partial charge in [-0.05, 0) is 12.8 Å². The highest BCUT2D eigenvalue weighted by atomic mass is 16.3. The molecule has 1 saturated carbocycles. The summed E-state index contributed by atoms with van der Waals surface area (Å²) < 4.78 is 0. The number of hydrogen-bond acceptors (Lipinski definition) is 3. The van der Waals surface area contributed by atoms with Crippen molar-refractivity contribution in [2.24, 2.45) is 0 Å². The highest BCUT2D eigenvalue weighted by molar-refractivity contribution is 5.87. The van der Waals surface area contributed by atoms with Crippen molar-refractivity contribution in [1.29, 1.82) is 0 Å². The average molecular weight is 144 g/mol. The minimum atomic E-state index is -0.919. The zero-order valence-corrected chi connectivity index (χ0v) is 5.79. The molecule has 0 amide bonds. The third-order valence-electron chi connectivity index (χ3n) is 1.86. The maximum absolute atomic E-state index is 10.8. The lowest BCUT2D eigenvalue weighted by atomic mass is 10.1. The number of ketones is 1. The Kier molecular flexibility index (Phi) is 2.40.